The minimum Gasteiger partial charge on any atom is -0.462 e. The van der Waals surface area contributed by atoms with Crippen LogP contribution in [0.2, 0.25) is 0 Å². The molecule has 1 atom stereocenters. The first-order valence-corrected chi connectivity index (χ1v) is 8.22. The summed E-state index contributed by atoms with van der Waals surface area (Å²) in [7, 11) is 0. The fraction of sp³-hybridized carbons (Fsp3) is 0.625. The molecule has 2 rings (SSSR count). The van der Waals surface area contributed by atoms with E-state index in [1.54, 1.807) is 26.8 Å². The lowest BCUT2D eigenvalue weighted by molar-refractivity contribution is -0.148. The van der Waals surface area contributed by atoms with E-state index in [9.17, 15) is 14.4 Å². The molecule has 25 heavy (non-hydrogen) atoms. The summed E-state index contributed by atoms with van der Waals surface area (Å²) in [5, 5.41) is 8.83. The molecule has 1 fully saturated rings. The number of carbonyl (C=O) groups excluding carboxylic acids is 3. The quantitative estimate of drug-likeness (QED) is 0.605. The van der Waals surface area contributed by atoms with E-state index in [1.165, 1.54) is 11.1 Å². The van der Waals surface area contributed by atoms with Crippen LogP contribution in [0.25, 0.3) is 0 Å². The number of amides is 2. The number of likely N-dealkylation sites (tertiary alicyclic amines) is 1. The minimum atomic E-state index is -0.641. The number of hydrogen-bond acceptors (Lipinski definition) is 6. The number of rotatable bonds is 5. The highest BCUT2D eigenvalue weighted by molar-refractivity contribution is 5.92. The van der Waals surface area contributed by atoms with E-state index >= 15 is 0 Å². The third-order valence-corrected chi connectivity index (χ3v) is 3.53. The molecule has 1 unspecified atom stereocenters. The third kappa shape index (κ3) is 5.47. The predicted molar refractivity (Wildman–Crippen MR) is 87.8 cm³/mol. The number of nitrogens with zero attached hydrogens (tertiary/aromatic N) is 2. The summed E-state index contributed by atoms with van der Waals surface area (Å²) in [6.07, 6.45) is 2.22. The Balaban J connectivity index is 1.75. The summed E-state index contributed by atoms with van der Waals surface area (Å²) in [6, 6.07) is 0.900. The molecule has 1 aromatic heterocycles. The Bertz CT molecular complexity index is 609. The van der Waals surface area contributed by atoms with Crippen molar-refractivity contribution in [2.45, 2.75) is 45.3 Å². The lowest BCUT2D eigenvalue weighted by atomic mass is 10.2. The summed E-state index contributed by atoms with van der Waals surface area (Å²) in [5.74, 6) is -0.816. The summed E-state index contributed by atoms with van der Waals surface area (Å²) in [6.45, 7) is 5.98. The van der Waals surface area contributed by atoms with Gasteiger partial charge < -0.3 is 14.8 Å². The maximum absolute atomic E-state index is 12.2. The van der Waals surface area contributed by atoms with Gasteiger partial charge in [-0.25, -0.2) is 9.59 Å². The van der Waals surface area contributed by atoms with Gasteiger partial charge in [0.05, 0.1) is 6.54 Å². The van der Waals surface area contributed by atoms with Crippen LogP contribution in [0.15, 0.2) is 12.3 Å². The molecular formula is C16H24N4O5. The van der Waals surface area contributed by atoms with Crippen molar-refractivity contribution < 1.29 is 23.9 Å². The zero-order valence-electron chi connectivity index (χ0n) is 14.7. The monoisotopic (exact) mass is 352 g/mol. The van der Waals surface area contributed by atoms with Crippen LogP contribution < -0.4 is 5.32 Å². The van der Waals surface area contributed by atoms with E-state index in [4.69, 9.17) is 9.47 Å². The Labute approximate surface area is 146 Å². The second kappa shape index (κ2) is 8.00. The Kier molecular flexibility index (Phi) is 6.00. The van der Waals surface area contributed by atoms with Crippen LogP contribution in [-0.4, -0.2) is 64.4 Å². The van der Waals surface area contributed by atoms with Crippen molar-refractivity contribution in [3.63, 3.8) is 0 Å². The highest BCUT2D eigenvalue weighted by Gasteiger charge is 2.37. The zero-order valence-corrected chi connectivity index (χ0v) is 14.7. The van der Waals surface area contributed by atoms with Crippen LogP contribution in [0, 0.1) is 0 Å². The lowest BCUT2D eigenvalue weighted by Gasteiger charge is -2.27. The van der Waals surface area contributed by atoms with Gasteiger partial charge in [-0.3, -0.25) is 14.8 Å². The van der Waals surface area contributed by atoms with Gasteiger partial charge in [0.1, 0.15) is 23.9 Å². The molecule has 9 nitrogen and oxygen atoms in total. The van der Waals surface area contributed by atoms with Gasteiger partial charge in [-0.15, -0.1) is 0 Å². The molecule has 138 valence electrons. The fourth-order valence-corrected chi connectivity index (χ4v) is 2.44. The second-order valence-corrected chi connectivity index (χ2v) is 6.73. The van der Waals surface area contributed by atoms with E-state index < -0.39 is 23.7 Å². The molecule has 1 aromatic rings. The van der Waals surface area contributed by atoms with Gasteiger partial charge in [-0.05, 0) is 39.7 Å². The number of nitrogens with one attached hydrogen (secondary N) is 2. The fourth-order valence-electron chi connectivity index (χ4n) is 2.44. The van der Waals surface area contributed by atoms with Crippen molar-refractivity contribution in [3.05, 3.63) is 18.0 Å². The van der Waals surface area contributed by atoms with Gasteiger partial charge in [0.2, 0.25) is 0 Å². The summed E-state index contributed by atoms with van der Waals surface area (Å²) >= 11 is 0. The largest absolute Gasteiger partial charge is 0.462 e. The number of aromatic nitrogens is 2. The highest BCUT2D eigenvalue weighted by Crippen LogP contribution is 2.21. The molecule has 1 saturated heterocycles. The minimum absolute atomic E-state index is 0.0252. The SMILES string of the molecule is CC(C)(C)OC(=O)N1CCCC1C(=O)OCCNC(=O)c1ccn[nH]1. The number of esters is 1. The van der Waals surface area contributed by atoms with Crippen molar-refractivity contribution in [2.75, 3.05) is 19.7 Å². The summed E-state index contributed by atoms with van der Waals surface area (Å²) in [5.41, 5.74) is -0.288. The molecule has 0 radical (unpaired) electrons. The van der Waals surface area contributed by atoms with Gasteiger partial charge in [-0.1, -0.05) is 0 Å². The molecule has 0 spiro atoms. The molecule has 0 aromatic carbocycles. The Morgan fingerprint density at radius 1 is 1.40 bits per heavy atom. The van der Waals surface area contributed by atoms with Crippen molar-refractivity contribution in [1.29, 1.82) is 0 Å². The number of aromatic amines is 1. The molecular weight excluding hydrogens is 328 g/mol. The molecule has 2 N–H and O–H groups in total. The standard InChI is InChI=1S/C16H24N4O5/c1-16(2,3)25-15(23)20-9-4-5-12(20)14(22)24-10-8-17-13(21)11-6-7-18-19-11/h6-7,12H,4-5,8-10H2,1-3H3,(H,17,21)(H,18,19). The first-order chi connectivity index (χ1) is 11.8. The van der Waals surface area contributed by atoms with Crippen molar-refractivity contribution in [3.8, 4) is 0 Å². The molecule has 1 aliphatic heterocycles. The van der Waals surface area contributed by atoms with Gasteiger partial charge in [-0.2, -0.15) is 5.10 Å². The maximum Gasteiger partial charge on any atom is 0.411 e. The Morgan fingerprint density at radius 2 is 2.16 bits per heavy atom. The van der Waals surface area contributed by atoms with Crippen LogP contribution in [0.5, 0.6) is 0 Å². The number of carbonyl (C=O) groups is 3. The van der Waals surface area contributed by atoms with Gasteiger partial charge in [0.15, 0.2) is 0 Å². The third-order valence-electron chi connectivity index (χ3n) is 3.53. The zero-order chi connectivity index (χ0) is 18.4. The topological polar surface area (TPSA) is 114 Å². The molecule has 0 bridgehead atoms. The van der Waals surface area contributed by atoms with Crippen LogP contribution >= 0.6 is 0 Å². The van der Waals surface area contributed by atoms with Crippen LogP contribution in [0.4, 0.5) is 4.79 Å². The normalized spacial score (nSPS) is 17.2. The molecule has 0 saturated carbocycles. The number of hydrogen-bond donors (Lipinski definition) is 2. The second-order valence-electron chi connectivity index (χ2n) is 6.73. The van der Waals surface area contributed by atoms with E-state index in [2.05, 4.69) is 15.5 Å². The average molecular weight is 352 g/mol. The molecule has 0 aliphatic carbocycles. The Morgan fingerprint density at radius 3 is 2.80 bits per heavy atom. The van der Waals surface area contributed by atoms with Crippen LogP contribution in [0.3, 0.4) is 0 Å². The van der Waals surface area contributed by atoms with E-state index in [0.717, 1.165) is 6.42 Å². The molecule has 2 heterocycles. The van der Waals surface area contributed by atoms with Crippen LogP contribution in [-0.2, 0) is 14.3 Å². The predicted octanol–water partition coefficient (Wildman–Crippen LogP) is 1.08. The van der Waals surface area contributed by atoms with E-state index in [1.807, 2.05) is 0 Å². The first kappa shape index (κ1) is 18.8. The van der Waals surface area contributed by atoms with Gasteiger partial charge in [0.25, 0.3) is 5.91 Å². The highest BCUT2D eigenvalue weighted by atomic mass is 16.6. The number of ether oxygens (including phenoxy) is 2. The molecule has 1 aliphatic rings. The average Bonchev–Trinajstić information content (AvgIpc) is 3.19. The maximum atomic E-state index is 12.2. The Hall–Kier alpha value is -2.58. The summed E-state index contributed by atoms with van der Waals surface area (Å²) < 4.78 is 10.5. The van der Waals surface area contributed by atoms with Crippen LogP contribution in [0.1, 0.15) is 44.1 Å². The van der Waals surface area contributed by atoms with Crippen molar-refractivity contribution in [2.24, 2.45) is 0 Å². The smallest absolute Gasteiger partial charge is 0.411 e. The number of H-pyrrole nitrogens is 1. The first-order valence-electron chi connectivity index (χ1n) is 8.22. The van der Waals surface area contributed by atoms with Gasteiger partial charge >= 0.3 is 12.1 Å². The summed E-state index contributed by atoms with van der Waals surface area (Å²) in [4.78, 5) is 37.4. The van der Waals surface area contributed by atoms with E-state index in [-0.39, 0.29) is 19.1 Å². The lowest BCUT2D eigenvalue weighted by Crippen LogP contribution is -2.44. The van der Waals surface area contributed by atoms with E-state index in [0.29, 0.717) is 18.7 Å². The van der Waals surface area contributed by atoms with Crippen molar-refractivity contribution >= 4 is 18.0 Å². The van der Waals surface area contributed by atoms with Gasteiger partial charge in [0, 0.05) is 12.7 Å². The molecule has 2 amide bonds. The van der Waals surface area contributed by atoms with Crippen molar-refractivity contribution in [1.82, 2.24) is 20.4 Å². The molecule has 9 heteroatoms.